The van der Waals surface area contributed by atoms with Crippen LogP contribution in [0.3, 0.4) is 0 Å². The van der Waals surface area contributed by atoms with Crippen LogP contribution < -0.4 is 4.74 Å². The van der Waals surface area contributed by atoms with Crippen LogP contribution in [0.5, 0.6) is 5.75 Å². The molecule has 0 fully saturated rings. The molecule has 0 aliphatic rings. The van der Waals surface area contributed by atoms with Gasteiger partial charge in [0, 0.05) is 12.3 Å². The van der Waals surface area contributed by atoms with Crippen LogP contribution in [-0.2, 0) is 18.9 Å². The molecule has 1 heterocycles. The maximum Gasteiger partial charge on any atom is 0.191 e. The Bertz CT molecular complexity index is 900. The highest BCUT2D eigenvalue weighted by Crippen LogP contribution is 2.27. The van der Waals surface area contributed by atoms with Gasteiger partial charge < -0.3 is 9.30 Å². The number of benzene rings is 2. The molecule has 2 aromatic carbocycles. The highest BCUT2D eigenvalue weighted by molar-refractivity contribution is 7.98. The Morgan fingerprint density at radius 1 is 1.19 bits per heavy atom. The summed E-state index contributed by atoms with van der Waals surface area (Å²) in [5.41, 5.74) is 1.98. The van der Waals surface area contributed by atoms with Crippen molar-refractivity contribution in [2.75, 3.05) is 0 Å². The SMILES string of the molecule is CCn1c(COc2cc(C)ccc2Cl)nnc1SCc1cccc(F)c1. The second-order valence-corrected chi connectivity index (χ2v) is 7.13. The number of halogens is 2. The number of ether oxygens (including phenoxy) is 1. The van der Waals surface area contributed by atoms with Crippen molar-refractivity contribution in [1.82, 2.24) is 14.8 Å². The van der Waals surface area contributed by atoms with E-state index in [1.165, 1.54) is 23.9 Å². The van der Waals surface area contributed by atoms with E-state index in [0.29, 0.717) is 16.5 Å². The van der Waals surface area contributed by atoms with E-state index in [-0.39, 0.29) is 12.4 Å². The van der Waals surface area contributed by atoms with E-state index in [0.717, 1.165) is 28.7 Å². The minimum absolute atomic E-state index is 0.232. The summed E-state index contributed by atoms with van der Waals surface area (Å²) in [4.78, 5) is 0. The number of aryl methyl sites for hydroxylation is 1. The zero-order valence-electron chi connectivity index (χ0n) is 14.6. The molecule has 0 atom stereocenters. The van der Waals surface area contributed by atoms with Crippen molar-refractivity contribution in [3.8, 4) is 5.75 Å². The summed E-state index contributed by atoms with van der Waals surface area (Å²) in [6, 6.07) is 12.2. The third-order valence-corrected chi connectivity index (χ3v) is 5.16. The van der Waals surface area contributed by atoms with Gasteiger partial charge in [-0.25, -0.2) is 4.39 Å². The van der Waals surface area contributed by atoms with Crippen LogP contribution in [0.15, 0.2) is 47.6 Å². The van der Waals surface area contributed by atoms with Gasteiger partial charge in [-0.3, -0.25) is 0 Å². The predicted molar refractivity (Wildman–Crippen MR) is 102 cm³/mol. The van der Waals surface area contributed by atoms with Crippen LogP contribution in [-0.4, -0.2) is 14.8 Å². The lowest BCUT2D eigenvalue weighted by Gasteiger charge is -2.10. The van der Waals surface area contributed by atoms with E-state index in [4.69, 9.17) is 16.3 Å². The Kier molecular flexibility index (Phi) is 6.16. The van der Waals surface area contributed by atoms with Gasteiger partial charge in [0.2, 0.25) is 0 Å². The molecule has 0 bridgehead atoms. The third kappa shape index (κ3) is 4.56. The molecule has 0 amide bonds. The molecule has 4 nitrogen and oxygen atoms in total. The highest BCUT2D eigenvalue weighted by Gasteiger charge is 2.13. The van der Waals surface area contributed by atoms with Gasteiger partial charge in [0.25, 0.3) is 0 Å². The van der Waals surface area contributed by atoms with Gasteiger partial charge in [-0.15, -0.1) is 10.2 Å². The molecule has 3 aromatic rings. The summed E-state index contributed by atoms with van der Waals surface area (Å²) in [6.45, 7) is 5.01. The fourth-order valence-corrected chi connectivity index (χ4v) is 3.62. The monoisotopic (exact) mass is 391 g/mol. The van der Waals surface area contributed by atoms with E-state index in [2.05, 4.69) is 10.2 Å². The Morgan fingerprint density at radius 3 is 2.81 bits per heavy atom. The molecule has 136 valence electrons. The normalized spacial score (nSPS) is 10.9. The van der Waals surface area contributed by atoms with Gasteiger partial charge in [-0.05, 0) is 49.2 Å². The molecule has 3 rings (SSSR count). The first-order chi connectivity index (χ1) is 12.6. The largest absolute Gasteiger partial charge is 0.484 e. The first kappa shape index (κ1) is 18.7. The molecule has 1 aromatic heterocycles. The standard InChI is InChI=1S/C19H19ClFN3OS/c1-3-24-18(11-25-17-9-13(2)7-8-16(17)20)22-23-19(24)26-12-14-5-4-6-15(21)10-14/h4-10H,3,11-12H2,1-2H3. The maximum atomic E-state index is 13.3. The third-order valence-electron chi connectivity index (χ3n) is 3.81. The summed E-state index contributed by atoms with van der Waals surface area (Å²) in [7, 11) is 0. The first-order valence-corrected chi connectivity index (χ1v) is 9.61. The maximum absolute atomic E-state index is 13.3. The molecule has 0 aliphatic carbocycles. The summed E-state index contributed by atoms with van der Waals surface area (Å²) in [5, 5.41) is 9.83. The zero-order chi connectivity index (χ0) is 18.5. The van der Waals surface area contributed by atoms with Gasteiger partial charge in [0.05, 0.1) is 5.02 Å². The molecular formula is C19H19ClFN3OS. The molecule has 26 heavy (non-hydrogen) atoms. The minimum Gasteiger partial charge on any atom is -0.484 e. The number of hydrogen-bond donors (Lipinski definition) is 0. The fraction of sp³-hybridized carbons (Fsp3) is 0.263. The van der Waals surface area contributed by atoms with Crippen LogP contribution in [0.25, 0.3) is 0 Å². The topological polar surface area (TPSA) is 39.9 Å². The highest BCUT2D eigenvalue weighted by atomic mass is 35.5. The summed E-state index contributed by atoms with van der Waals surface area (Å²) in [5.74, 6) is 1.75. The molecule has 0 radical (unpaired) electrons. The lowest BCUT2D eigenvalue weighted by atomic mass is 10.2. The molecule has 0 spiro atoms. The van der Waals surface area contributed by atoms with Crippen LogP contribution in [0, 0.1) is 12.7 Å². The quantitative estimate of drug-likeness (QED) is 0.514. The van der Waals surface area contributed by atoms with Crippen LogP contribution in [0.2, 0.25) is 5.02 Å². The van der Waals surface area contributed by atoms with Crippen molar-refractivity contribution < 1.29 is 9.13 Å². The summed E-state index contributed by atoms with van der Waals surface area (Å²) in [6.07, 6.45) is 0. The summed E-state index contributed by atoms with van der Waals surface area (Å²) < 4.78 is 21.1. The average Bonchev–Trinajstić information content (AvgIpc) is 3.02. The number of nitrogens with zero attached hydrogens (tertiary/aromatic N) is 3. The lowest BCUT2D eigenvalue weighted by molar-refractivity contribution is 0.288. The average molecular weight is 392 g/mol. The van der Waals surface area contributed by atoms with Crippen molar-refractivity contribution >= 4 is 23.4 Å². The van der Waals surface area contributed by atoms with Crippen molar-refractivity contribution in [3.63, 3.8) is 0 Å². The first-order valence-electron chi connectivity index (χ1n) is 8.25. The second kappa shape index (κ2) is 8.56. The molecule has 0 saturated heterocycles. The van der Waals surface area contributed by atoms with E-state index >= 15 is 0 Å². The van der Waals surface area contributed by atoms with Gasteiger partial charge in [0.1, 0.15) is 18.2 Å². The number of aromatic nitrogens is 3. The van der Waals surface area contributed by atoms with Crippen molar-refractivity contribution in [1.29, 1.82) is 0 Å². The smallest absolute Gasteiger partial charge is 0.191 e. The van der Waals surface area contributed by atoms with E-state index in [9.17, 15) is 4.39 Å². The molecule has 0 unspecified atom stereocenters. The molecule has 0 saturated carbocycles. The van der Waals surface area contributed by atoms with Crippen LogP contribution >= 0.6 is 23.4 Å². The molecular weight excluding hydrogens is 373 g/mol. The van der Waals surface area contributed by atoms with Gasteiger partial charge >= 0.3 is 0 Å². The number of hydrogen-bond acceptors (Lipinski definition) is 4. The second-order valence-electron chi connectivity index (χ2n) is 5.78. The van der Waals surface area contributed by atoms with E-state index < -0.39 is 0 Å². The molecule has 0 N–H and O–H groups in total. The van der Waals surface area contributed by atoms with Crippen LogP contribution in [0.1, 0.15) is 23.9 Å². The Hall–Kier alpha value is -2.05. The lowest BCUT2D eigenvalue weighted by Crippen LogP contribution is -2.07. The Morgan fingerprint density at radius 2 is 2.04 bits per heavy atom. The number of rotatable bonds is 7. The number of thioether (sulfide) groups is 1. The summed E-state index contributed by atoms with van der Waals surface area (Å²) >= 11 is 7.69. The minimum atomic E-state index is -0.232. The molecule has 0 aliphatic heterocycles. The van der Waals surface area contributed by atoms with Gasteiger partial charge in [0.15, 0.2) is 11.0 Å². The van der Waals surface area contributed by atoms with E-state index in [1.807, 2.05) is 42.7 Å². The fourth-order valence-electron chi connectivity index (χ4n) is 2.49. The van der Waals surface area contributed by atoms with E-state index in [1.54, 1.807) is 6.07 Å². The Balaban J connectivity index is 1.68. The zero-order valence-corrected chi connectivity index (χ0v) is 16.1. The van der Waals surface area contributed by atoms with Crippen molar-refractivity contribution in [2.45, 2.75) is 37.9 Å². The van der Waals surface area contributed by atoms with Crippen molar-refractivity contribution in [3.05, 3.63) is 70.3 Å². The van der Waals surface area contributed by atoms with Crippen LogP contribution in [0.4, 0.5) is 4.39 Å². The Labute approximate surface area is 161 Å². The van der Waals surface area contributed by atoms with Gasteiger partial charge in [-0.1, -0.05) is 41.6 Å². The predicted octanol–water partition coefficient (Wildman–Crippen LogP) is 5.27. The molecule has 7 heteroatoms. The van der Waals surface area contributed by atoms with Gasteiger partial charge in [-0.2, -0.15) is 0 Å². The van der Waals surface area contributed by atoms with Crippen molar-refractivity contribution in [2.24, 2.45) is 0 Å².